The zero-order chi connectivity index (χ0) is 14.8. The van der Waals surface area contributed by atoms with Gasteiger partial charge >= 0.3 is 0 Å². The molecule has 0 radical (unpaired) electrons. The molecular formula is C17H18ClNO2. The SMILES string of the molecule is CNC1CC(c2ccc(Cl)cc2)Oc2cc(OC)ccc21. The quantitative estimate of drug-likeness (QED) is 0.924. The summed E-state index contributed by atoms with van der Waals surface area (Å²) in [5, 5.41) is 4.10. The van der Waals surface area contributed by atoms with E-state index >= 15 is 0 Å². The summed E-state index contributed by atoms with van der Waals surface area (Å²) in [7, 11) is 3.64. The second kappa shape index (κ2) is 5.96. The van der Waals surface area contributed by atoms with Crippen LogP contribution in [0.15, 0.2) is 42.5 Å². The third kappa shape index (κ3) is 2.85. The van der Waals surface area contributed by atoms with Gasteiger partial charge in [0.2, 0.25) is 0 Å². The van der Waals surface area contributed by atoms with Gasteiger partial charge in [0.15, 0.2) is 0 Å². The van der Waals surface area contributed by atoms with Crippen LogP contribution in [0.5, 0.6) is 11.5 Å². The molecule has 0 saturated carbocycles. The maximum Gasteiger partial charge on any atom is 0.128 e. The number of ether oxygens (including phenoxy) is 2. The molecule has 1 aliphatic rings. The number of hydrogen-bond donors (Lipinski definition) is 1. The van der Waals surface area contributed by atoms with Crippen LogP contribution >= 0.6 is 11.6 Å². The highest BCUT2D eigenvalue weighted by Crippen LogP contribution is 2.42. The van der Waals surface area contributed by atoms with Crippen molar-refractivity contribution in [2.75, 3.05) is 14.2 Å². The van der Waals surface area contributed by atoms with E-state index in [4.69, 9.17) is 21.1 Å². The predicted octanol–water partition coefficient (Wildman–Crippen LogP) is 4.13. The van der Waals surface area contributed by atoms with Crippen molar-refractivity contribution in [2.45, 2.75) is 18.6 Å². The van der Waals surface area contributed by atoms with Gasteiger partial charge in [-0.3, -0.25) is 0 Å². The first-order valence-electron chi connectivity index (χ1n) is 6.98. The first kappa shape index (κ1) is 14.2. The van der Waals surface area contributed by atoms with Crippen LogP contribution in [0.3, 0.4) is 0 Å². The van der Waals surface area contributed by atoms with Gasteiger partial charge in [0.05, 0.1) is 7.11 Å². The Morgan fingerprint density at radius 3 is 2.62 bits per heavy atom. The van der Waals surface area contributed by atoms with Crippen LogP contribution in [0.2, 0.25) is 5.02 Å². The first-order valence-corrected chi connectivity index (χ1v) is 7.36. The molecule has 0 spiro atoms. The molecule has 4 heteroatoms. The van der Waals surface area contributed by atoms with Gasteiger partial charge in [-0.1, -0.05) is 29.8 Å². The van der Waals surface area contributed by atoms with E-state index in [2.05, 4.69) is 11.4 Å². The number of fused-ring (bicyclic) bond motifs is 1. The van der Waals surface area contributed by atoms with E-state index in [-0.39, 0.29) is 12.1 Å². The molecule has 1 heterocycles. The van der Waals surface area contributed by atoms with Crippen LogP contribution in [0.25, 0.3) is 0 Å². The molecule has 3 nitrogen and oxygen atoms in total. The molecule has 2 unspecified atom stereocenters. The van der Waals surface area contributed by atoms with Crippen molar-refractivity contribution in [3.8, 4) is 11.5 Å². The van der Waals surface area contributed by atoms with Crippen molar-refractivity contribution >= 4 is 11.6 Å². The van der Waals surface area contributed by atoms with E-state index in [1.165, 1.54) is 5.56 Å². The number of methoxy groups -OCH3 is 1. The molecule has 2 atom stereocenters. The topological polar surface area (TPSA) is 30.5 Å². The van der Waals surface area contributed by atoms with Gasteiger partial charge < -0.3 is 14.8 Å². The Labute approximate surface area is 129 Å². The molecular weight excluding hydrogens is 286 g/mol. The lowest BCUT2D eigenvalue weighted by Gasteiger charge is -2.32. The van der Waals surface area contributed by atoms with Crippen LogP contribution in [0, 0.1) is 0 Å². The third-order valence-corrected chi connectivity index (χ3v) is 4.16. The molecule has 1 aliphatic heterocycles. The highest BCUT2D eigenvalue weighted by Gasteiger charge is 2.28. The Hall–Kier alpha value is -1.71. The molecule has 0 amide bonds. The standard InChI is InChI=1S/C17H18ClNO2/c1-19-15-10-16(11-3-5-12(18)6-4-11)21-17-9-13(20-2)7-8-14(15)17/h3-9,15-16,19H,10H2,1-2H3. The monoisotopic (exact) mass is 303 g/mol. The molecule has 0 saturated heterocycles. The summed E-state index contributed by atoms with van der Waals surface area (Å²) in [5.74, 6) is 1.68. The van der Waals surface area contributed by atoms with Crippen molar-refractivity contribution in [2.24, 2.45) is 0 Å². The second-order valence-corrected chi connectivity index (χ2v) is 5.58. The van der Waals surface area contributed by atoms with Crippen LogP contribution in [-0.2, 0) is 0 Å². The van der Waals surface area contributed by atoms with Crippen LogP contribution < -0.4 is 14.8 Å². The molecule has 3 rings (SSSR count). The van der Waals surface area contributed by atoms with E-state index in [0.717, 1.165) is 28.5 Å². The number of halogens is 1. The summed E-state index contributed by atoms with van der Waals surface area (Å²) in [5.41, 5.74) is 2.30. The Morgan fingerprint density at radius 1 is 1.19 bits per heavy atom. The molecule has 2 aromatic rings. The van der Waals surface area contributed by atoms with E-state index in [1.54, 1.807) is 7.11 Å². The molecule has 2 aromatic carbocycles. The average molecular weight is 304 g/mol. The van der Waals surface area contributed by atoms with E-state index < -0.39 is 0 Å². The Bertz CT molecular complexity index is 627. The fourth-order valence-corrected chi connectivity index (χ4v) is 2.85. The number of nitrogens with one attached hydrogen (secondary N) is 1. The summed E-state index contributed by atoms with van der Waals surface area (Å²) < 4.78 is 11.5. The Morgan fingerprint density at radius 2 is 1.95 bits per heavy atom. The maximum atomic E-state index is 6.17. The first-order chi connectivity index (χ1) is 10.2. The third-order valence-electron chi connectivity index (χ3n) is 3.91. The largest absolute Gasteiger partial charge is 0.497 e. The fourth-order valence-electron chi connectivity index (χ4n) is 2.73. The summed E-state index contributed by atoms with van der Waals surface area (Å²) in [4.78, 5) is 0. The lowest BCUT2D eigenvalue weighted by Crippen LogP contribution is -2.26. The highest BCUT2D eigenvalue weighted by atomic mass is 35.5. The fraction of sp³-hybridized carbons (Fsp3) is 0.294. The van der Waals surface area contributed by atoms with Crippen LogP contribution in [0.1, 0.15) is 29.7 Å². The van der Waals surface area contributed by atoms with E-state index in [1.807, 2.05) is 43.4 Å². The molecule has 110 valence electrons. The van der Waals surface area contributed by atoms with Crippen molar-refractivity contribution in [1.82, 2.24) is 5.32 Å². The molecule has 0 aromatic heterocycles. The minimum Gasteiger partial charge on any atom is -0.497 e. The normalized spacial score (nSPS) is 20.5. The molecule has 0 aliphatic carbocycles. The molecule has 0 fully saturated rings. The second-order valence-electron chi connectivity index (χ2n) is 5.14. The lowest BCUT2D eigenvalue weighted by molar-refractivity contribution is 0.153. The van der Waals surface area contributed by atoms with Gasteiger partial charge in [0.25, 0.3) is 0 Å². The summed E-state index contributed by atoms with van der Waals surface area (Å²) >= 11 is 5.96. The molecule has 21 heavy (non-hydrogen) atoms. The summed E-state index contributed by atoms with van der Waals surface area (Å²) in [6, 6.07) is 14.1. The van der Waals surface area contributed by atoms with Gasteiger partial charge in [-0.15, -0.1) is 0 Å². The zero-order valence-corrected chi connectivity index (χ0v) is 12.9. The van der Waals surface area contributed by atoms with Crippen LogP contribution in [-0.4, -0.2) is 14.2 Å². The molecule has 1 N–H and O–H groups in total. The minimum atomic E-state index is 0.0133. The summed E-state index contributed by atoms with van der Waals surface area (Å²) in [6.07, 6.45) is 0.900. The highest BCUT2D eigenvalue weighted by molar-refractivity contribution is 6.30. The number of rotatable bonds is 3. The Balaban J connectivity index is 1.94. The number of benzene rings is 2. The zero-order valence-electron chi connectivity index (χ0n) is 12.1. The average Bonchev–Trinajstić information content (AvgIpc) is 2.53. The van der Waals surface area contributed by atoms with Crippen molar-refractivity contribution in [3.05, 3.63) is 58.6 Å². The van der Waals surface area contributed by atoms with Crippen molar-refractivity contribution in [1.29, 1.82) is 0 Å². The minimum absolute atomic E-state index is 0.0133. The van der Waals surface area contributed by atoms with E-state index in [0.29, 0.717) is 0 Å². The smallest absolute Gasteiger partial charge is 0.128 e. The van der Waals surface area contributed by atoms with E-state index in [9.17, 15) is 0 Å². The van der Waals surface area contributed by atoms with Gasteiger partial charge in [0, 0.05) is 29.1 Å². The lowest BCUT2D eigenvalue weighted by atomic mass is 9.93. The van der Waals surface area contributed by atoms with Crippen molar-refractivity contribution in [3.63, 3.8) is 0 Å². The number of hydrogen-bond acceptors (Lipinski definition) is 3. The van der Waals surface area contributed by atoms with Crippen LogP contribution in [0.4, 0.5) is 0 Å². The Kier molecular flexibility index (Phi) is 4.04. The molecule has 0 bridgehead atoms. The van der Waals surface area contributed by atoms with Gasteiger partial charge in [-0.05, 0) is 30.8 Å². The summed E-state index contributed by atoms with van der Waals surface area (Å²) in [6.45, 7) is 0. The van der Waals surface area contributed by atoms with Gasteiger partial charge in [0.1, 0.15) is 17.6 Å². The van der Waals surface area contributed by atoms with Crippen molar-refractivity contribution < 1.29 is 9.47 Å². The van der Waals surface area contributed by atoms with Gasteiger partial charge in [-0.2, -0.15) is 0 Å². The predicted molar refractivity (Wildman–Crippen MR) is 84.2 cm³/mol. The maximum absolute atomic E-state index is 6.17. The van der Waals surface area contributed by atoms with Gasteiger partial charge in [-0.25, -0.2) is 0 Å².